The summed E-state index contributed by atoms with van der Waals surface area (Å²) >= 11 is 0. The van der Waals surface area contributed by atoms with Crippen molar-refractivity contribution >= 4 is 18.1 Å². The molecule has 9 heteroatoms. The van der Waals surface area contributed by atoms with Gasteiger partial charge in [-0.3, -0.25) is 4.90 Å². The maximum Gasteiger partial charge on any atom is 0.407 e. The fourth-order valence-corrected chi connectivity index (χ4v) is 4.72. The Balaban J connectivity index is 2.09. The number of carbonyl (C=O) groups is 3. The van der Waals surface area contributed by atoms with Crippen molar-refractivity contribution in [1.82, 2.24) is 19.6 Å². The Morgan fingerprint density at radius 1 is 1.10 bits per heavy atom. The third-order valence-corrected chi connectivity index (χ3v) is 6.32. The van der Waals surface area contributed by atoms with Crippen molar-refractivity contribution in [2.75, 3.05) is 53.4 Å². The number of ether oxygens (including phenoxy) is 1. The van der Waals surface area contributed by atoms with E-state index < -0.39 is 18.1 Å². The minimum absolute atomic E-state index is 0.0601. The summed E-state index contributed by atoms with van der Waals surface area (Å²) in [6.45, 7) is 9.66. The van der Waals surface area contributed by atoms with Gasteiger partial charge in [0, 0.05) is 45.3 Å². The molecule has 0 saturated carbocycles. The topological polar surface area (TPSA) is 93.6 Å². The van der Waals surface area contributed by atoms with Gasteiger partial charge in [0.15, 0.2) is 0 Å². The molecular weight excluding hydrogens is 376 g/mol. The molecule has 0 aromatic rings. The minimum Gasteiger partial charge on any atom is -0.467 e. The van der Waals surface area contributed by atoms with E-state index in [4.69, 9.17) is 4.74 Å². The highest BCUT2D eigenvalue weighted by atomic mass is 16.5. The van der Waals surface area contributed by atoms with Crippen LogP contribution in [-0.2, 0) is 9.53 Å². The van der Waals surface area contributed by atoms with E-state index in [-0.39, 0.29) is 17.5 Å². The monoisotopic (exact) mass is 412 g/mol. The van der Waals surface area contributed by atoms with Crippen LogP contribution >= 0.6 is 0 Å². The Morgan fingerprint density at radius 3 is 2.21 bits per heavy atom. The quantitative estimate of drug-likeness (QED) is 0.692. The lowest BCUT2D eigenvalue weighted by Gasteiger charge is -2.54. The van der Waals surface area contributed by atoms with Crippen LogP contribution in [0.1, 0.15) is 40.0 Å². The average molecular weight is 413 g/mol. The number of carbonyl (C=O) groups excluding carboxylic acids is 2. The van der Waals surface area contributed by atoms with Gasteiger partial charge in [-0.25, -0.2) is 14.4 Å². The fraction of sp³-hybridized carbons (Fsp3) is 0.850. The maximum atomic E-state index is 13.0. The van der Waals surface area contributed by atoms with Crippen molar-refractivity contribution in [2.24, 2.45) is 5.92 Å². The van der Waals surface area contributed by atoms with Crippen molar-refractivity contribution in [2.45, 2.75) is 51.6 Å². The van der Waals surface area contributed by atoms with E-state index in [2.05, 4.69) is 11.8 Å². The molecule has 1 spiro atoms. The Kier molecular flexibility index (Phi) is 7.73. The Morgan fingerprint density at radius 2 is 1.72 bits per heavy atom. The number of rotatable bonds is 5. The molecule has 0 bridgehead atoms. The second-order valence-electron chi connectivity index (χ2n) is 8.51. The van der Waals surface area contributed by atoms with E-state index in [0.29, 0.717) is 26.2 Å². The molecule has 3 amide bonds. The van der Waals surface area contributed by atoms with Crippen molar-refractivity contribution in [3.8, 4) is 0 Å². The van der Waals surface area contributed by atoms with E-state index in [1.165, 1.54) is 16.9 Å². The molecule has 0 radical (unpaired) electrons. The standard InChI is InChI=1S/C20H36N4O5/c1-6-9-24-13-12-23(19(27)28)14-20(24)7-10-22(11-8-20)18(26)21(4)16(15(2)3)17(25)29-5/h15-16H,6-14H2,1-5H3,(H,27,28)/t16-/m0/s1. The molecule has 2 heterocycles. The number of nitrogens with zero attached hydrogens (tertiary/aromatic N) is 4. The molecule has 29 heavy (non-hydrogen) atoms. The molecule has 0 aromatic carbocycles. The van der Waals surface area contributed by atoms with Gasteiger partial charge in [-0.2, -0.15) is 0 Å². The predicted molar refractivity (Wildman–Crippen MR) is 109 cm³/mol. The van der Waals surface area contributed by atoms with Gasteiger partial charge in [-0.05, 0) is 31.7 Å². The van der Waals surface area contributed by atoms with Crippen LogP contribution in [0.4, 0.5) is 9.59 Å². The number of likely N-dealkylation sites (N-methyl/N-ethyl adjacent to an activating group) is 1. The Labute approximate surface area is 173 Å². The summed E-state index contributed by atoms with van der Waals surface area (Å²) in [6.07, 6.45) is 1.58. The molecule has 9 nitrogen and oxygen atoms in total. The first kappa shape index (κ1) is 23.3. The average Bonchev–Trinajstić information content (AvgIpc) is 2.69. The van der Waals surface area contributed by atoms with Crippen LogP contribution in [0.3, 0.4) is 0 Å². The van der Waals surface area contributed by atoms with E-state index in [0.717, 1.165) is 32.4 Å². The van der Waals surface area contributed by atoms with Crippen LogP contribution in [0.2, 0.25) is 0 Å². The summed E-state index contributed by atoms with van der Waals surface area (Å²) in [4.78, 5) is 43.9. The zero-order valence-electron chi connectivity index (χ0n) is 18.4. The maximum absolute atomic E-state index is 13.0. The fourth-order valence-electron chi connectivity index (χ4n) is 4.72. The number of piperidine rings is 1. The van der Waals surface area contributed by atoms with Crippen molar-refractivity contribution in [3.05, 3.63) is 0 Å². The number of amides is 3. The molecule has 2 rings (SSSR count). The van der Waals surface area contributed by atoms with Crippen LogP contribution < -0.4 is 0 Å². The third-order valence-electron chi connectivity index (χ3n) is 6.32. The van der Waals surface area contributed by atoms with Crippen molar-refractivity contribution in [1.29, 1.82) is 0 Å². The van der Waals surface area contributed by atoms with Crippen LogP contribution in [0.15, 0.2) is 0 Å². The van der Waals surface area contributed by atoms with E-state index in [1.807, 2.05) is 13.8 Å². The summed E-state index contributed by atoms with van der Waals surface area (Å²) in [6, 6.07) is -0.811. The number of carboxylic acid groups (broad SMARTS) is 1. The summed E-state index contributed by atoms with van der Waals surface area (Å²) < 4.78 is 4.88. The lowest BCUT2D eigenvalue weighted by atomic mass is 9.83. The summed E-state index contributed by atoms with van der Waals surface area (Å²) in [5, 5.41) is 9.46. The first-order chi connectivity index (χ1) is 13.7. The molecule has 2 aliphatic rings. The lowest BCUT2D eigenvalue weighted by molar-refractivity contribution is -0.147. The number of urea groups is 1. The molecule has 0 aromatic heterocycles. The largest absolute Gasteiger partial charge is 0.467 e. The molecule has 2 aliphatic heterocycles. The number of piperazine rings is 1. The Hall–Kier alpha value is -2.03. The summed E-state index contributed by atoms with van der Waals surface area (Å²) in [5.74, 6) is -0.474. The van der Waals surface area contributed by atoms with Gasteiger partial charge in [-0.15, -0.1) is 0 Å². The molecule has 2 fully saturated rings. The normalized spacial score (nSPS) is 20.6. The first-order valence-corrected chi connectivity index (χ1v) is 10.5. The molecule has 0 unspecified atom stereocenters. The number of likely N-dealkylation sites (tertiary alicyclic amines) is 1. The van der Waals surface area contributed by atoms with Gasteiger partial charge < -0.3 is 24.5 Å². The summed E-state index contributed by atoms with van der Waals surface area (Å²) in [5.41, 5.74) is -0.220. The number of hydrogen-bond donors (Lipinski definition) is 1. The highest BCUT2D eigenvalue weighted by molar-refractivity contribution is 5.83. The minimum atomic E-state index is -0.878. The second-order valence-corrected chi connectivity index (χ2v) is 8.51. The molecule has 166 valence electrons. The van der Waals surface area contributed by atoms with Gasteiger partial charge in [-0.1, -0.05) is 20.8 Å². The lowest BCUT2D eigenvalue weighted by Crippen LogP contribution is -2.67. The molecule has 1 atom stereocenters. The van der Waals surface area contributed by atoms with Crippen LogP contribution in [0, 0.1) is 5.92 Å². The number of esters is 1. The molecule has 1 N–H and O–H groups in total. The highest BCUT2D eigenvalue weighted by Gasteiger charge is 2.46. The number of methoxy groups -OCH3 is 1. The van der Waals surface area contributed by atoms with Gasteiger partial charge >= 0.3 is 18.1 Å². The smallest absolute Gasteiger partial charge is 0.407 e. The van der Waals surface area contributed by atoms with Crippen molar-refractivity contribution in [3.63, 3.8) is 0 Å². The van der Waals surface area contributed by atoms with Crippen molar-refractivity contribution < 1.29 is 24.2 Å². The highest BCUT2D eigenvalue weighted by Crippen LogP contribution is 2.33. The summed E-state index contributed by atoms with van der Waals surface area (Å²) in [7, 11) is 2.98. The van der Waals surface area contributed by atoms with Gasteiger partial charge in [0.2, 0.25) is 0 Å². The van der Waals surface area contributed by atoms with Crippen LogP contribution in [-0.4, -0.2) is 108 Å². The second kappa shape index (κ2) is 9.65. The Bertz CT molecular complexity index is 604. The van der Waals surface area contributed by atoms with E-state index in [9.17, 15) is 19.5 Å². The van der Waals surface area contributed by atoms with Gasteiger partial charge in [0.05, 0.1) is 7.11 Å². The number of hydrogen-bond acceptors (Lipinski definition) is 5. The van der Waals surface area contributed by atoms with E-state index in [1.54, 1.807) is 11.9 Å². The first-order valence-electron chi connectivity index (χ1n) is 10.5. The van der Waals surface area contributed by atoms with Gasteiger partial charge in [0.1, 0.15) is 6.04 Å². The molecular formula is C20H36N4O5. The van der Waals surface area contributed by atoms with Crippen LogP contribution in [0.5, 0.6) is 0 Å². The zero-order valence-corrected chi connectivity index (χ0v) is 18.4. The molecule has 0 aliphatic carbocycles. The van der Waals surface area contributed by atoms with Crippen LogP contribution in [0.25, 0.3) is 0 Å². The molecule has 2 saturated heterocycles. The van der Waals surface area contributed by atoms with E-state index >= 15 is 0 Å². The third kappa shape index (κ3) is 4.94. The predicted octanol–water partition coefficient (Wildman–Crippen LogP) is 1.78. The zero-order chi connectivity index (χ0) is 21.8. The SMILES string of the molecule is CCCN1CCN(C(=O)O)CC12CCN(C(=O)N(C)[C@H](C(=O)OC)C(C)C)CC2. The van der Waals surface area contributed by atoms with Gasteiger partial charge in [0.25, 0.3) is 0 Å².